The summed E-state index contributed by atoms with van der Waals surface area (Å²) in [6.45, 7) is 18.0. The van der Waals surface area contributed by atoms with Crippen LogP contribution in [0.3, 0.4) is 0 Å². The van der Waals surface area contributed by atoms with Crippen LogP contribution >= 0.6 is 0 Å². The third-order valence-electron chi connectivity index (χ3n) is 9.16. The van der Waals surface area contributed by atoms with E-state index < -0.39 is 6.23 Å². The van der Waals surface area contributed by atoms with Crippen LogP contribution < -0.4 is 21.4 Å². The summed E-state index contributed by atoms with van der Waals surface area (Å²) in [5, 5.41) is 32.0. The van der Waals surface area contributed by atoms with Gasteiger partial charge in [0.05, 0.1) is 12.7 Å². The fourth-order valence-corrected chi connectivity index (χ4v) is 6.31. The molecule has 9 nitrogen and oxygen atoms in total. The van der Waals surface area contributed by atoms with Crippen molar-refractivity contribution >= 4 is 12.1 Å². The number of allylic oxidation sites excluding steroid dienone is 4. The third kappa shape index (κ3) is 12.2. The minimum atomic E-state index is -0.627. The van der Waals surface area contributed by atoms with E-state index in [9.17, 15) is 15.0 Å². The van der Waals surface area contributed by atoms with Gasteiger partial charge in [0.15, 0.2) is 0 Å². The zero-order valence-corrected chi connectivity index (χ0v) is 27.9. The normalized spacial score (nSPS) is 28.8. The molecule has 3 aliphatic rings. The van der Waals surface area contributed by atoms with Gasteiger partial charge in [-0.15, -0.1) is 0 Å². The standard InChI is InChI=1S/C35H60N6O3/c1-7-27(22-39-32(43)24-38-31-9-8-30(23-37-31)28-10-16-36-17-11-28)29(13-19-42)20-26(2)12-18-41-33(44)21-35(6,25-40-41)15-14-34(3,4)5/h7,12,14-15,18,22-23,26,28-31,33,36,38,40,42,44H,1,8-11,13,16-17,19-21,24-25H2,2-6H3,(H,39,43)/b15-14+,18-12+,27-22+/t26-,29?,30?,31?,33?,35+/m1/s1. The molecule has 0 aromatic heterocycles. The van der Waals surface area contributed by atoms with Crippen molar-refractivity contribution in [3.63, 3.8) is 0 Å². The van der Waals surface area contributed by atoms with Crippen molar-refractivity contribution in [1.29, 1.82) is 0 Å². The third-order valence-corrected chi connectivity index (χ3v) is 9.16. The number of nitrogens with one attached hydrogen (secondary N) is 4. The van der Waals surface area contributed by atoms with Crippen LogP contribution in [0.1, 0.15) is 79.6 Å². The van der Waals surface area contributed by atoms with Crippen molar-refractivity contribution in [3.8, 4) is 0 Å². The van der Waals surface area contributed by atoms with Gasteiger partial charge in [-0.3, -0.25) is 20.1 Å². The van der Waals surface area contributed by atoms with E-state index in [0.29, 0.717) is 18.8 Å². The number of amides is 1. The molecule has 6 atom stereocenters. The number of hydrazine groups is 1. The molecule has 0 spiro atoms. The minimum absolute atomic E-state index is 0.0158. The zero-order chi connectivity index (χ0) is 32.2. The molecule has 0 saturated carbocycles. The monoisotopic (exact) mass is 612 g/mol. The predicted octanol–water partition coefficient (Wildman–Crippen LogP) is 4.24. The van der Waals surface area contributed by atoms with E-state index in [-0.39, 0.29) is 47.9 Å². The zero-order valence-electron chi connectivity index (χ0n) is 27.9. The van der Waals surface area contributed by atoms with Gasteiger partial charge >= 0.3 is 0 Å². The highest BCUT2D eigenvalue weighted by Crippen LogP contribution is 2.32. The van der Waals surface area contributed by atoms with Gasteiger partial charge in [0.2, 0.25) is 5.91 Å². The summed E-state index contributed by atoms with van der Waals surface area (Å²) >= 11 is 0. The highest BCUT2D eigenvalue weighted by Gasteiger charge is 2.33. The van der Waals surface area contributed by atoms with Crippen molar-refractivity contribution in [2.75, 3.05) is 32.8 Å². The number of carbonyl (C=O) groups excluding carboxylic acids is 1. The lowest BCUT2D eigenvalue weighted by molar-refractivity contribution is -0.119. The van der Waals surface area contributed by atoms with Crippen LogP contribution in [0.4, 0.5) is 0 Å². The molecular formula is C35H60N6O3. The smallest absolute Gasteiger partial charge is 0.237 e. The Hall–Kier alpha value is -2.30. The topological polar surface area (TPSA) is 121 Å². The second-order valence-electron chi connectivity index (χ2n) is 14.5. The lowest BCUT2D eigenvalue weighted by Gasteiger charge is -2.41. The van der Waals surface area contributed by atoms with Crippen molar-refractivity contribution in [2.24, 2.45) is 39.5 Å². The van der Waals surface area contributed by atoms with Crippen molar-refractivity contribution < 1.29 is 15.0 Å². The number of aliphatic hydroxyl groups is 2. The number of hydrogen-bond donors (Lipinski definition) is 6. The van der Waals surface area contributed by atoms with E-state index in [1.807, 2.05) is 6.20 Å². The molecule has 3 aliphatic heterocycles. The van der Waals surface area contributed by atoms with Gasteiger partial charge in [-0.2, -0.15) is 0 Å². The van der Waals surface area contributed by atoms with Gasteiger partial charge < -0.3 is 20.8 Å². The van der Waals surface area contributed by atoms with Gasteiger partial charge in [-0.1, -0.05) is 65.5 Å². The first-order valence-corrected chi connectivity index (χ1v) is 16.7. The Morgan fingerprint density at radius 2 is 2.00 bits per heavy atom. The van der Waals surface area contributed by atoms with E-state index >= 15 is 0 Å². The van der Waals surface area contributed by atoms with Crippen LogP contribution in [0.5, 0.6) is 0 Å². The van der Waals surface area contributed by atoms with Crippen LogP contribution in [0, 0.1) is 34.5 Å². The Morgan fingerprint density at radius 3 is 2.61 bits per heavy atom. The average molecular weight is 613 g/mol. The fraction of sp³-hybridized carbons (Fsp3) is 0.714. The van der Waals surface area contributed by atoms with Gasteiger partial charge in [-0.05, 0) is 86.3 Å². The number of carbonyl (C=O) groups is 1. The molecule has 0 radical (unpaired) electrons. The van der Waals surface area contributed by atoms with Crippen LogP contribution in [0.25, 0.3) is 0 Å². The molecule has 3 heterocycles. The molecule has 9 heteroatoms. The second-order valence-corrected chi connectivity index (χ2v) is 14.5. The summed E-state index contributed by atoms with van der Waals surface area (Å²) < 4.78 is 0. The molecule has 2 fully saturated rings. The molecule has 0 bridgehead atoms. The first-order valence-electron chi connectivity index (χ1n) is 16.7. The van der Waals surface area contributed by atoms with Gasteiger partial charge in [0.25, 0.3) is 0 Å². The summed E-state index contributed by atoms with van der Waals surface area (Å²) in [4.78, 5) is 17.4. The Bertz CT molecular complexity index is 1030. The van der Waals surface area contributed by atoms with Crippen LogP contribution in [-0.2, 0) is 4.79 Å². The van der Waals surface area contributed by atoms with Crippen LogP contribution in [0.2, 0.25) is 0 Å². The summed E-state index contributed by atoms with van der Waals surface area (Å²) in [5.74, 6) is 1.37. The lowest BCUT2D eigenvalue weighted by Crippen LogP contribution is -2.53. The van der Waals surface area contributed by atoms with Gasteiger partial charge in [0, 0.05) is 43.6 Å². The number of nitrogens with zero attached hydrogens (tertiary/aromatic N) is 2. The first-order chi connectivity index (χ1) is 20.9. The van der Waals surface area contributed by atoms with Crippen molar-refractivity contribution in [1.82, 2.24) is 26.4 Å². The molecule has 1 amide bonds. The van der Waals surface area contributed by atoms with Crippen molar-refractivity contribution in [2.45, 2.75) is 92.0 Å². The molecule has 44 heavy (non-hydrogen) atoms. The van der Waals surface area contributed by atoms with Gasteiger partial charge in [0.1, 0.15) is 6.23 Å². The number of piperidine rings is 1. The average Bonchev–Trinajstić information content (AvgIpc) is 2.99. The van der Waals surface area contributed by atoms with E-state index in [2.05, 4.69) is 87.0 Å². The molecule has 4 unspecified atom stereocenters. The molecule has 0 aliphatic carbocycles. The molecule has 2 saturated heterocycles. The number of hydrogen-bond acceptors (Lipinski definition) is 8. The lowest BCUT2D eigenvalue weighted by atomic mass is 9.81. The van der Waals surface area contributed by atoms with Crippen LogP contribution in [-0.4, -0.2) is 72.5 Å². The molecule has 3 rings (SSSR count). The maximum absolute atomic E-state index is 12.7. The number of aliphatic imine (C=N–C) groups is 1. The Labute approximate surface area is 266 Å². The summed E-state index contributed by atoms with van der Waals surface area (Å²) in [6.07, 6.45) is 19.9. The van der Waals surface area contributed by atoms with Crippen LogP contribution in [0.15, 0.2) is 53.8 Å². The minimum Gasteiger partial charge on any atom is -0.396 e. The summed E-state index contributed by atoms with van der Waals surface area (Å²) in [6, 6.07) is 0. The Kier molecular flexibility index (Phi) is 14.3. The SMILES string of the molecule is C=C/C(=C\NC(=O)CNC1CCC(C2CCNCC2)C=N1)C(CCO)C[C@H](C)/C=C/N1NC[C@@](C)(/C=C/C(C)(C)C)CC1O. The molecular weight excluding hydrogens is 552 g/mol. The van der Waals surface area contributed by atoms with E-state index in [4.69, 9.17) is 4.99 Å². The number of aliphatic hydroxyl groups excluding tert-OH is 2. The van der Waals surface area contributed by atoms with E-state index in [0.717, 1.165) is 50.4 Å². The molecule has 248 valence electrons. The molecule has 0 aromatic rings. The Balaban J connectivity index is 1.46. The largest absolute Gasteiger partial charge is 0.396 e. The fourth-order valence-electron chi connectivity index (χ4n) is 6.31. The molecule has 0 aromatic carbocycles. The second kappa shape index (κ2) is 17.4. The van der Waals surface area contributed by atoms with Gasteiger partial charge in [-0.25, -0.2) is 5.43 Å². The maximum Gasteiger partial charge on any atom is 0.237 e. The molecule has 6 N–H and O–H groups in total. The van der Waals surface area contributed by atoms with E-state index in [1.54, 1.807) is 17.3 Å². The highest BCUT2D eigenvalue weighted by molar-refractivity contribution is 5.79. The summed E-state index contributed by atoms with van der Waals surface area (Å²) in [5.41, 5.74) is 4.24. The maximum atomic E-state index is 12.7. The number of rotatable bonds is 14. The highest BCUT2D eigenvalue weighted by atomic mass is 16.3. The predicted molar refractivity (Wildman–Crippen MR) is 180 cm³/mol. The Morgan fingerprint density at radius 1 is 1.25 bits per heavy atom. The van der Waals surface area contributed by atoms with Crippen molar-refractivity contribution in [3.05, 3.63) is 48.9 Å². The first kappa shape index (κ1) is 36.2. The quantitative estimate of drug-likeness (QED) is 0.128. The van der Waals surface area contributed by atoms with E-state index in [1.165, 1.54) is 12.8 Å². The summed E-state index contributed by atoms with van der Waals surface area (Å²) in [7, 11) is 0.